The third kappa shape index (κ3) is 5.87. The van der Waals surface area contributed by atoms with Crippen LogP contribution in [0.4, 0.5) is 34.1 Å². The van der Waals surface area contributed by atoms with Gasteiger partial charge in [0, 0.05) is 59.7 Å². The molecular formula is C63H65BN2S. The van der Waals surface area contributed by atoms with Gasteiger partial charge in [0.1, 0.15) is 0 Å². The summed E-state index contributed by atoms with van der Waals surface area (Å²) in [6, 6.07) is 46.0. The predicted octanol–water partition coefficient (Wildman–Crippen LogP) is 15.7. The van der Waals surface area contributed by atoms with E-state index in [0.717, 1.165) is 0 Å². The molecule has 8 aromatic rings. The van der Waals surface area contributed by atoms with E-state index in [1.165, 1.54) is 139 Å². The maximum Gasteiger partial charge on any atom is 0.254 e. The number of hydrogen-bond acceptors (Lipinski definition) is 3. The van der Waals surface area contributed by atoms with Gasteiger partial charge in [-0.25, -0.2) is 0 Å². The number of hydrogen-bond donors (Lipinski definition) is 0. The van der Waals surface area contributed by atoms with Crippen LogP contribution in [-0.4, -0.2) is 6.71 Å². The smallest absolute Gasteiger partial charge is 0.254 e. The van der Waals surface area contributed by atoms with Gasteiger partial charge in [-0.3, -0.25) is 0 Å². The van der Waals surface area contributed by atoms with E-state index < -0.39 is 0 Å². The van der Waals surface area contributed by atoms with Crippen molar-refractivity contribution < 1.29 is 0 Å². The van der Waals surface area contributed by atoms with Crippen molar-refractivity contribution in [3.63, 3.8) is 0 Å². The Morgan fingerprint density at radius 2 is 1.06 bits per heavy atom. The molecule has 2 aliphatic heterocycles. The quantitative estimate of drug-likeness (QED) is 0.160. The monoisotopic (exact) mass is 892 g/mol. The van der Waals surface area contributed by atoms with Crippen LogP contribution in [0, 0.1) is 20.8 Å². The molecule has 2 nitrogen and oxygen atoms in total. The molecule has 12 rings (SSSR count). The fourth-order valence-corrected chi connectivity index (χ4v) is 14.4. The zero-order valence-corrected chi connectivity index (χ0v) is 43.1. The van der Waals surface area contributed by atoms with E-state index in [1.54, 1.807) is 0 Å². The predicted molar refractivity (Wildman–Crippen MR) is 292 cm³/mol. The lowest BCUT2D eigenvalue weighted by Gasteiger charge is -2.49. The first-order valence-electron chi connectivity index (χ1n) is 24.8. The summed E-state index contributed by atoms with van der Waals surface area (Å²) < 4.78 is 2.75. The number of thiophene rings is 1. The molecule has 0 fully saturated rings. The maximum absolute atomic E-state index is 2.73. The van der Waals surface area contributed by atoms with Crippen LogP contribution in [0.25, 0.3) is 20.2 Å². The molecule has 0 bridgehead atoms. The molecule has 4 heteroatoms. The lowest BCUT2D eigenvalue weighted by molar-refractivity contribution is 0.332. The standard InChI is InChI=1S/C63H65BN2S/c1-36-29-53-56-54(30-36)66(51-34-45-44(31-38(51)3)60(7,8)27-28-61(45,9)10)52-35-47-46(62(11,12)42-20-16-17-21-43(42)63(47,13)14)33-48(52)64(56)57-50(65(53)49-22-18-15-19-37(49)2)25-24-40-41-32-39(59(4,5)6)23-26-55(41)67-58(40)57/h15-26,29-35H,27-28H2,1-14H3. The summed E-state index contributed by atoms with van der Waals surface area (Å²) in [5, 5.41) is 2.73. The fourth-order valence-electron chi connectivity index (χ4n) is 13.1. The Morgan fingerprint density at radius 1 is 0.478 bits per heavy atom. The van der Waals surface area contributed by atoms with Gasteiger partial charge < -0.3 is 9.80 Å². The normalized spacial score (nSPS) is 18.0. The Balaban J connectivity index is 1.25. The number of benzene rings is 7. The lowest BCUT2D eigenvalue weighted by atomic mass is 9.33. The summed E-state index contributed by atoms with van der Waals surface area (Å²) in [5.74, 6) is 0. The van der Waals surface area contributed by atoms with Gasteiger partial charge in [0.2, 0.25) is 0 Å². The summed E-state index contributed by atoms with van der Waals surface area (Å²) in [4.78, 5) is 5.37. The van der Waals surface area contributed by atoms with Gasteiger partial charge in [-0.1, -0.05) is 143 Å². The highest BCUT2D eigenvalue weighted by Crippen LogP contribution is 2.55. The van der Waals surface area contributed by atoms with Crippen molar-refractivity contribution in [2.24, 2.45) is 0 Å². The SMILES string of the molecule is Cc1cc2c3c(c1)N(c1ccccc1C)c1ccc4c(sc5ccc(C(C)(C)C)cc54)c1B3c1cc3c(cc1N2c1cc2c(cc1C)C(C)(C)CCC2(C)C)C(C)(C)c1ccccc1C3(C)C. The summed E-state index contributed by atoms with van der Waals surface area (Å²) in [6.45, 7) is 33.7. The van der Waals surface area contributed by atoms with Crippen molar-refractivity contribution in [3.05, 3.63) is 171 Å². The van der Waals surface area contributed by atoms with Gasteiger partial charge in [-0.15, -0.1) is 11.3 Å². The molecule has 0 radical (unpaired) electrons. The minimum atomic E-state index is -0.202. The van der Waals surface area contributed by atoms with Gasteiger partial charge in [0.05, 0.1) is 0 Å². The Bertz CT molecular complexity index is 3460. The third-order valence-corrected chi connectivity index (χ3v) is 18.4. The first-order valence-corrected chi connectivity index (χ1v) is 25.7. The Labute approximate surface area is 404 Å². The Hall–Kier alpha value is -5.58. The molecule has 0 saturated heterocycles. The van der Waals surface area contributed by atoms with Gasteiger partial charge >= 0.3 is 0 Å². The van der Waals surface area contributed by atoms with E-state index in [1.807, 2.05) is 11.3 Å². The number of para-hydroxylation sites is 1. The van der Waals surface area contributed by atoms with Gasteiger partial charge in [-0.2, -0.15) is 0 Å². The molecule has 2 aliphatic carbocycles. The Kier molecular flexibility index (Phi) is 8.80. The van der Waals surface area contributed by atoms with Crippen LogP contribution in [0.3, 0.4) is 0 Å². The van der Waals surface area contributed by atoms with Crippen molar-refractivity contribution in [2.75, 3.05) is 9.80 Å². The largest absolute Gasteiger partial charge is 0.311 e. The van der Waals surface area contributed by atoms with Gasteiger partial charge in [-0.05, 0) is 176 Å². The molecule has 0 saturated carbocycles. The molecule has 3 heterocycles. The number of nitrogens with zero attached hydrogens (tertiary/aromatic N) is 2. The second kappa shape index (κ2) is 13.8. The number of aryl methyl sites for hydroxylation is 3. The fraction of sp³-hybridized carbons (Fsp3) is 0.333. The highest BCUT2D eigenvalue weighted by Gasteiger charge is 2.49. The summed E-state index contributed by atoms with van der Waals surface area (Å²) in [6.07, 6.45) is 2.37. The number of anilines is 6. The zero-order valence-electron chi connectivity index (χ0n) is 42.3. The number of fused-ring (bicyclic) bond motifs is 11. The van der Waals surface area contributed by atoms with Crippen LogP contribution in [0.2, 0.25) is 0 Å². The van der Waals surface area contributed by atoms with E-state index in [0.29, 0.717) is 0 Å². The average Bonchev–Trinajstić information content (AvgIpc) is 3.65. The lowest BCUT2D eigenvalue weighted by Crippen LogP contribution is -2.62. The molecule has 336 valence electrons. The molecule has 0 N–H and O–H groups in total. The molecular weight excluding hydrogens is 828 g/mol. The van der Waals surface area contributed by atoms with Crippen molar-refractivity contribution in [1.29, 1.82) is 0 Å². The van der Waals surface area contributed by atoms with Crippen LogP contribution < -0.4 is 26.2 Å². The van der Waals surface area contributed by atoms with E-state index in [-0.39, 0.29) is 33.8 Å². The van der Waals surface area contributed by atoms with E-state index >= 15 is 0 Å². The zero-order chi connectivity index (χ0) is 47.1. The second-order valence-electron chi connectivity index (χ2n) is 24.2. The van der Waals surface area contributed by atoms with Crippen molar-refractivity contribution in [1.82, 2.24) is 0 Å². The van der Waals surface area contributed by atoms with Gasteiger partial charge in [0.25, 0.3) is 6.71 Å². The van der Waals surface area contributed by atoms with Crippen molar-refractivity contribution in [2.45, 2.75) is 137 Å². The Morgan fingerprint density at radius 3 is 1.70 bits per heavy atom. The molecule has 67 heavy (non-hydrogen) atoms. The molecule has 0 atom stereocenters. The summed E-state index contributed by atoms with van der Waals surface area (Å²) in [5.41, 5.74) is 25.8. The minimum absolute atomic E-state index is 0.000609. The molecule has 0 unspecified atom stereocenters. The van der Waals surface area contributed by atoms with E-state index in [4.69, 9.17) is 0 Å². The first kappa shape index (κ1) is 42.8. The molecule has 4 aliphatic rings. The highest BCUT2D eigenvalue weighted by atomic mass is 32.1. The van der Waals surface area contributed by atoms with Crippen LogP contribution in [0.1, 0.15) is 145 Å². The van der Waals surface area contributed by atoms with Crippen molar-refractivity contribution >= 4 is 88.7 Å². The molecule has 1 aromatic heterocycles. The third-order valence-electron chi connectivity index (χ3n) is 17.2. The molecule has 7 aromatic carbocycles. The number of rotatable bonds is 2. The van der Waals surface area contributed by atoms with Crippen LogP contribution in [-0.2, 0) is 27.1 Å². The van der Waals surface area contributed by atoms with Crippen LogP contribution in [0.5, 0.6) is 0 Å². The average molecular weight is 893 g/mol. The van der Waals surface area contributed by atoms with Crippen molar-refractivity contribution in [3.8, 4) is 0 Å². The highest BCUT2D eigenvalue weighted by molar-refractivity contribution is 7.28. The van der Waals surface area contributed by atoms with Gasteiger partial charge in [0.15, 0.2) is 0 Å². The van der Waals surface area contributed by atoms with Crippen LogP contribution in [0.15, 0.2) is 115 Å². The van der Waals surface area contributed by atoms with E-state index in [9.17, 15) is 0 Å². The second-order valence-corrected chi connectivity index (χ2v) is 25.3. The summed E-state index contributed by atoms with van der Waals surface area (Å²) in [7, 11) is 0. The molecule has 0 amide bonds. The van der Waals surface area contributed by atoms with Crippen LogP contribution >= 0.6 is 11.3 Å². The summed E-state index contributed by atoms with van der Waals surface area (Å²) >= 11 is 1.99. The maximum atomic E-state index is 2.73. The van der Waals surface area contributed by atoms with E-state index in [2.05, 4.69) is 222 Å². The first-order chi connectivity index (χ1) is 31.6. The molecule has 0 spiro atoms. The topological polar surface area (TPSA) is 6.48 Å². The minimum Gasteiger partial charge on any atom is -0.311 e.